The van der Waals surface area contributed by atoms with Crippen LogP contribution in [0.5, 0.6) is 0 Å². The molecule has 0 aliphatic carbocycles. The van der Waals surface area contributed by atoms with Crippen LogP contribution in [0.3, 0.4) is 0 Å². The van der Waals surface area contributed by atoms with Crippen LogP contribution in [0.25, 0.3) is 0 Å². The minimum absolute atomic E-state index is 0.0384. The molecule has 1 heterocycles. The molecule has 0 radical (unpaired) electrons. The molecule has 1 fully saturated rings. The minimum Gasteiger partial charge on any atom is -0.469 e. The summed E-state index contributed by atoms with van der Waals surface area (Å²) in [6.07, 6.45) is -0.138. The molecule has 0 bridgehead atoms. The molecular formula is C14H16N2O4. The predicted molar refractivity (Wildman–Crippen MR) is 70.4 cm³/mol. The van der Waals surface area contributed by atoms with Crippen molar-refractivity contribution >= 4 is 17.8 Å². The molecule has 2 amide bonds. The predicted octanol–water partition coefficient (Wildman–Crippen LogP) is 0.0767. The van der Waals surface area contributed by atoms with Gasteiger partial charge in [0.05, 0.1) is 20.1 Å². The number of hydrogen-bond acceptors (Lipinski definition) is 4. The van der Waals surface area contributed by atoms with Crippen LogP contribution in [0.4, 0.5) is 0 Å². The summed E-state index contributed by atoms with van der Waals surface area (Å²) < 4.78 is 4.58. The van der Waals surface area contributed by atoms with Gasteiger partial charge in [0.15, 0.2) is 0 Å². The summed E-state index contributed by atoms with van der Waals surface area (Å²) >= 11 is 0. The number of ether oxygens (including phenoxy) is 1. The molecule has 1 N–H and O–H groups in total. The molecule has 20 heavy (non-hydrogen) atoms. The van der Waals surface area contributed by atoms with Crippen molar-refractivity contribution in [3.05, 3.63) is 35.9 Å². The van der Waals surface area contributed by atoms with Crippen molar-refractivity contribution in [1.29, 1.82) is 0 Å². The highest BCUT2D eigenvalue weighted by Gasteiger charge is 2.36. The average Bonchev–Trinajstić information content (AvgIpc) is 2.47. The van der Waals surface area contributed by atoms with Crippen molar-refractivity contribution in [2.24, 2.45) is 0 Å². The quantitative estimate of drug-likeness (QED) is 0.790. The summed E-state index contributed by atoms with van der Waals surface area (Å²) in [5.41, 5.74) is 0.908. The molecule has 1 aromatic carbocycles. The van der Waals surface area contributed by atoms with E-state index in [9.17, 15) is 14.4 Å². The summed E-state index contributed by atoms with van der Waals surface area (Å²) in [7, 11) is 1.26. The van der Waals surface area contributed by atoms with E-state index in [2.05, 4.69) is 10.1 Å². The molecule has 106 valence electrons. The zero-order valence-corrected chi connectivity index (χ0v) is 11.2. The van der Waals surface area contributed by atoms with Crippen LogP contribution in [0.2, 0.25) is 0 Å². The monoisotopic (exact) mass is 276 g/mol. The Morgan fingerprint density at radius 3 is 2.70 bits per heavy atom. The third kappa shape index (κ3) is 3.14. The lowest BCUT2D eigenvalue weighted by Gasteiger charge is -2.34. The van der Waals surface area contributed by atoms with Crippen LogP contribution >= 0.6 is 0 Å². The second-order valence-corrected chi connectivity index (χ2v) is 4.52. The lowest BCUT2D eigenvalue weighted by atomic mass is 10.1. The summed E-state index contributed by atoms with van der Waals surface area (Å²) in [6, 6.07) is 8.52. The van der Waals surface area contributed by atoms with Gasteiger partial charge in [-0.25, -0.2) is 0 Å². The van der Waals surface area contributed by atoms with Crippen molar-refractivity contribution in [2.75, 3.05) is 13.7 Å². The van der Waals surface area contributed by atoms with Gasteiger partial charge in [-0.2, -0.15) is 0 Å². The average molecular weight is 276 g/mol. The Kier molecular flexibility index (Phi) is 4.34. The van der Waals surface area contributed by atoms with Gasteiger partial charge in [0.2, 0.25) is 11.8 Å². The highest BCUT2D eigenvalue weighted by Crippen LogP contribution is 2.15. The van der Waals surface area contributed by atoms with Crippen LogP contribution in [0.15, 0.2) is 30.3 Å². The number of methoxy groups -OCH3 is 1. The molecule has 6 nitrogen and oxygen atoms in total. The van der Waals surface area contributed by atoms with Gasteiger partial charge < -0.3 is 15.0 Å². The number of esters is 1. The number of benzene rings is 1. The zero-order chi connectivity index (χ0) is 14.5. The van der Waals surface area contributed by atoms with Gasteiger partial charge >= 0.3 is 5.97 Å². The molecule has 1 unspecified atom stereocenters. The molecule has 1 aromatic rings. The van der Waals surface area contributed by atoms with E-state index in [1.807, 2.05) is 30.3 Å². The molecule has 1 aliphatic rings. The third-order valence-electron chi connectivity index (χ3n) is 3.20. The first-order chi connectivity index (χ1) is 9.61. The molecule has 2 rings (SSSR count). The van der Waals surface area contributed by atoms with Gasteiger partial charge in [-0.1, -0.05) is 30.3 Å². The maximum atomic E-state index is 12.0. The lowest BCUT2D eigenvalue weighted by molar-refractivity contribution is -0.152. The number of hydrogen-bond donors (Lipinski definition) is 1. The smallest absolute Gasteiger partial charge is 0.308 e. The Hall–Kier alpha value is -2.37. The topological polar surface area (TPSA) is 75.7 Å². The van der Waals surface area contributed by atoms with Crippen LogP contribution in [-0.4, -0.2) is 42.4 Å². The first-order valence-electron chi connectivity index (χ1n) is 6.29. The van der Waals surface area contributed by atoms with E-state index in [0.717, 1.165) is 5.56 Å². The van der Waals surface area contributed by atoms with E-state index in [1.54, 1.807) is 0 Å². The van der Waals surface area contributed by atoms with E-state index in [1.165, 1.54) is 12.0 Å². The highest BCUT2D eigenvalue weighted by molar-refractivity contribution is 5.96. The fraction of sp³-hybridized carbons (Fsp3) is 0.357. The zero-order valence-electron chi connectivity index (χ0n) is 11.2. The van der Waals surface area contributed by atoms with E-state index >= 15 is 0 Å². The van der Waals surface area contributed by atoms with E-state index in [0.29, 0.717) is 6.54 Å². The van der Waals surface area contributed by atoms with E-state index in [-0.39, 0.29) is 24.8 Å². The van der Waals surface area contributed by atoms with Crippen molar-refractivity contribution in [2.45, 2.75) is 19.0 Å². The van der Waals surface area contributed by atoms with Crippen LogP contribution in [0.1, 0.15) is 12.0 Å². The second kappa shape index (κ2) is 6.18. The molecule has 0 saturated carbocycles. The summed E-state index contributed by atoms with van der Waals surface area (Å²) in [5.74, 6) is -1.05. The number of piperazine rings is 1. The van der Waals surface area contributed by atoms with Crippen molar-refractivity contribution in [3.63, 3.8) is 0 Å². The Morgan fingerprint density at radius 2 is 2.05 bits per heavy atom. The summed E-state index contributed by atoms with van der Waals surface area (Å²) in [4.78, 5) is 36.7. The van der Waals surface area contributed by atoms with Crippen LogP contribution in [0, 0.1) is 0 Å². The largest absolute Gasteiger partial charge is 0.469 e. The molecule has 0 aromatic heterocycles. The Balaban J connectivity index is 2.17. The fourth-order valence-corrected chi connectivity index (χ4v) is 2.12. The fourth-order valence-electron chi connectivity index (χ4n) is 2.12. The van der Waals surface area contributed by atoms with Gasteiger partial charge in [-0.05, 0) is 5.56 Å². The van der Waals surface area contributed by atoms with Gasteiger partial charge in [0.25, 0.3) is 0 Å². The van der Waals surface area contributed by atoms with E-state index in [4.69, 9.17) is 0 Å². The van der Waals surface area contributed by atoms with Crippen LogP contribution in [-0.2, 0) is 25.7 Å². The van der Waals surface area contributed by atoms with Gasteiger partial charge in [0, 0.05) is 6.54 Å². The first-order valence-corrected chi connectivity index (χ1v) is 6.29. The SMILES string of the molecule is COC(=O)CC1C(=O)NCC(=O)N1Cc1ccccc1. The second-order valence-electron chi connectivity index (χ2n) is 4.52. The molecule has 1 aliphatic heterocycles. The Morgan fingerprint density at radius 1 is 1.35 bits per heavy atom. The maximum Gasteiger partial charge on any atom is 0.308 e. The van der Waals surface area contributed by atoms with Gasteiger partial charge in [0.1, 0.15) is 6.04 Å². The Bertz CT molecular complexity index is 515. The normalized spacial score (nSPS) is 18.6. The van der Waals surface area contributed by atoms with Gasteiger partial charge in [-0.3, -0.25) is 14.4 Å². The highest BCUT2D eigenvalue weighted by atomic mass is 16.5. The van der Waals surface area contributed by atoms with Crippen molar-refractivity contribution < 1.29 is 19.1 Å². The lowest BCUT2D eigenvalue weighted by Crippen LogP contribution is -2.58. The summed E-state index contributed by atoms with van der Waals surface area (Å²) in [5, 5.41) is 2.49. The van der Waals surface area contributed by atoms with Crippen molar-refractivity contribution in [3.8, 4) is 0 Å². The molecule has 1 saturated heterocycles. The maximum absolute atomic E-state index is 12.0. The molecule has 0 spiro atoms. The number of carbonyl (C=O) groups is 3. The van der Waals surface area contributed by atoms with E-state index < -0.39 is 12.0 Å². The number of amides is 2. The molecule has 6 heteroatoms. The number of carbonyl (C=O) groups excluding carboxylic acids is 3. The number of nitrogens with one attached hydrogen (secondary N) is 1. The number of rotatable bonds is 4. The van der Waals surface area contributed by atoms with Crippen molar-refractivity contribution in [1.82, 2.24) is 10.2 Å². The standard InChI is InChI=1S/C14H16N2O4/c1-20-13(18)7-11-14(19)15-8-12(17)16(11)9-10-5-3-2-4-6-10/h2-6,11H,7-9H2,1H3,(H,15,19). The minimum atomic E-state index is -0.816. The number of nitrogens with zero attached hydrogens (tertiary/aromatic N) is 1. The third-order valence-corrected chi connectivity index (χ3v) is 3.20. The van der Waals surface area contributed by atoms with Crippen LogP contribution < -0.4 is 5.32 Å². The summed E-state index contributed by atoms with van der Waals surface area (Å²) in [6.45, 7) is 0.262. The molecular weight excluding hydrogens is 260 g/mol. The first kappa shape index (κ1) is 14.0. The Labute approximate surface area is 116 Å². The molecule has 1 atom stereocenters. The van der Waals surface area contributed by atoms with Gasteiger partial charge in [-0.15, -0.1) is 0 Å².